The predicted octanol–water partition coefficient (Wildman–Crippen LogP) is 4.01. The first-order valence-electron chi connectivity index (χ1n) is 8.21. The summed E-state index contributed by atoms with van der Waals surface area (Å²) in [5.41, 5.74) is 1.87. The molecule has 0 spiro atoms. The van der Waals surface area contributed by atoms with E-state index in [2.05, 4.69) is 10.3 Å². The zero-order valence-electron chi connectivity index (χ0n) is 14.1. The Morgan fingerprint density at radius 3 is 2.63 bits per heavy atom. The Balaban J connectivity index is 1.72. The van der Waals surface area contributed by atoms with Crippen LogP contribution in [0.15, 0.2) is 71.0 Å². The number of amides is 1. The third-order valence-electron chi connectivity index (χ3n) is 4.14. The predicted molar refractivity (Wildman–Crippen MR) is 107 cm³/mol. The van der Waals surface area contributed by atoms with Gasteiger partial charge < -0.3 is 5.32 Å². The first-order valence-corrected chi connectivity index (χ1v) is 9.47. The molecule has 4 aromatic rings. The monoisotopic (exact) mass is 395 g/mol. The average Bonchev–Trinajstić information content (AvgIpc) is 3.12. The molecule has 5 nitrogen and oxygen atoms in total. The molecule has 7 heteroatoms. The van der Waals surface area contributed by atoms with E-state index in [1.807, 2.05) is 53.9 Å². The van der Waals surface area contributed by atoms with Crippen LogP contribution < -0.4 is 10.9 Å². The fourth-order valence-corrected chi connectivity index (χ4v) is 3.86. The van der Waals surface area contributed by atoms with E-state index in [9.17, 15) is 9.59 Å². The van der Waals surface area contributed by atoms with Gasteiger partial charge in [0.15, 0.2) is 4.96 Å². The highest BCUT2D eigenvalue weighted by atomic mass is 35.5. The lowest BCUT2D eigenvalue weighted by atomic mass is 10.2. The standard InChI is InChI=1S/C20H14ClN3O2S/c21-16-9-5-4-8-14(16)17-12-27-20-23-11-15(19(26)24(17)20)18(25)22-10-13-6-2-1-3-7-13/h1-9,11-12H,10H2,(H,22,25). The summed E-state index contributed by atoms with van der Waals surface area (Å²) >= 11 is 7.60. The highest BCUT2D eigenvalue weighted by Gasteiger charge is 2.17. The van der Waals surface area contributed by atoms with Gasteiger partial charge >= 0.3 is 0 Å². The quantitative estimate of drug-likeness (QED) is 0.568. The van der Waals surface area contributed by atoms with Crippen LogP contribution in [0.4, 0.5) is 0 Å². The van der Waals surface area contributed by atoms with Crippen LogP contribution in [0.1, 0.15) is 15.9 Å². The normalized spacial score (nSPS) is 10.9. The van der Waals surface area contributed by atoms with Crippen molar-refractivity contribution in [2.45, 2.75) is 6.54 Å². The van der Waals surface area contributed by atoms with Crippen LogP contribution >= 0.6 is 22.9 Å². The van der Waals surface area contributed by atoms with Crippen molar-refractivity contribution in [2.24, 2.45) is 0 Å². The van der Waals surface area contributed by atoms with Crippen molar-refractivity contribution in [3.05, 3.63) is 92.7 Å². The van der Waals surface area contributed by atoms with Gasteiger partial charge in [0.25, 0.3) is 11.5 Å². The van der Waals surface area contributed by atoms with Crippen LogP contribution in [0.25, 0.3) is 16.2 Å². The van der Waals surface area contributed by atoms with Gasteiger partial charge in [0, 0.05) is 28.7 Å². The number of fused-ring (bicyclic) bond motifs is 1. The van der Waals surface area contributed by atoms with Gasteiger partial charge in [0.2, 0.25) is 0 Å². The van der Waals surface area contributed by atoms with E-state index in [1.165, 1.54) is 21.9 Å². The Morgan fingerprint density at radius 1 is 1.11 bits per heavy atom. The molecule has 0 unspecified atom stereocenters. The molecule has 0 fully saturated rings. The van der Waals surface area contributed by atoms with Crippen molar-refractivity contribution in [1.29, 1.82) is 0 Å². The number of nitrogens with one attached hydrogen (secondary N) is 1. The molecule has 1 N–H and O–H groups in total. The Labute approximate surface area is 163 Å². The maximum absolute atomic E-state index is 13.0. The number of halogens is 1. The molecule has 0 radical (unpaired) electrons. The van der Waals surface area contributed by atoms with Crippen LogP contribution in [0.3, 0.4) is 0 Å². The second kappa shape index (κ2) is 7.34. The van der Waals surface area contributed by atoms with Gasteiger partial charge in [-0.2, -0.15) is 0 Å². The first-order chi connectivity index (χ1) is 13.1. The Hall–Kier alpha value is -2.96. The van der Waals surface area contributed by atoms with E-state index >= 15 is 0 Å². The second-order valence-corrected chi connectivity index (χ2v) is 7.11. The number of hydrogen-bond donors (Lipinski definition) is 1. The summed E-state index contributed by atoms with van der Waals surface area (Å²) in [5, 5.41) is 5.12. The smallest absolute Gasteiger partial charge is 0.271 e. The molecule has 2 heterocycles. The fourth-order valence-electron chi connectivity index (χ4n) is 2.78. The van der Waals surface area contributed by atoms with Gasteiger partial charge in [0.1, 0.15) is 5.56 Å². The number of aromatic nitrogens is 2. The number of carbonyl (C=O) groups is 1. The Bertz CT molecular complexity index is 1180. The molecule has 0 aliphatic carbocycles. The average molecular weight is 396 g/mol. The summed E-state index contributed by atoms with van der Waals surface area (Å²) < 4.78 is 1.43. The molecule has 0 aliphatic rings. The minimum atomic E-state index is -0.456. The summed E-state index contributed by atoms with van der Waals surface area (Å²) in [6.45, 7) is 0.336. The van der Waals surface area contributed by atoms with Gasteiger partial charge in [-0.1, -0.05) is 60.1 Å². The van der Waals surface area contributed by atoms with Crippen LogP contribution in [0.5, 0.6) is 0 Å². The van der Waals surface area contributed by atoms with E-state index in [0.29, 0.717) is 22.2 Å². The van der Waals surface area contributed by atoms with Gasteiger partial charge in [-0.05, 0) is 11.6 Å². The number of thiazole rings is 1. The lowest BCUT2D eigenvalue weighted by Crippen LogP contribution is -2.31. The van der Waals surface area contributed by atoms with Gasteiger partial charge in [-0.25, -0.2) is 4.98 Å². The Morgan fingerprint density at radius 2 is 1.85 bits per heavy atom. The minimum absolute atomic E-state index is 0.00450. The van der Waals surface area contributed by atoms with E-state index < -0.39 is 11.5 Å². The molecule has 1 amide bonds. The molecule has 0 aliphatic heterocycles. The molecule has 0 atom stereocenters. The Kier molecular flexibility index (Phi) is 4.75. The van der Waals surface area contributed by atoms with Crippen molar-refractivity contribution in [3.63, 3.8) is 0 Å². The third-order valence-corrected chi connectivity index (χ3v) is 5.31. The van der Waals surface area contributed by atoms with Gasteiger partial charge in [0.05, 0.1) is 5.69 Å². The number of hydrogen-bond acceptors (Lipinski definition) is 4. The molecule has 4 rings (SSSR count). The van der Waals surface area contributed by atoms with Crippen molar-refractivity contribution in [3.8, 4) is 11.3 Å². The molecule has 134 valence electrons. The largest absolute Gasteiger partial charge is 0.348 e. The van der Waals surface area contributed by atoms with E-state index in [4.69, 9.17) is 11.6 Å². The number of carbonyl (C=O) groups excluding carboxylic acids is 1. The van der Waals surface area contributed by atoms with Crippen LogP contribution in [0.2, 0.25) is 5.02 Å². The van der Waals surface area contributed by atoms with E-state index in [0.717, 1.165) is 11.1 Å². The maximum Gasteiger partial charge on any atom is 0.271 e. The third kappa shape index (κ3) is 3.37. The number of benzene rings is 2. The summed E-state index contributed by atoms with van der Waals surface area (Å²) in [7, 11) is 0. The zero-order chi connectivity index (χ0) is 18.8. The lowest BCUT2D eigenvalue weighted by Gasteiger charge is -2.07. The molecule has 2 aromatic carbocycles. The molecule has 0 saturated heterocycles. The van der Waals surface area contributed by atoms with Crippen LogP contribution in [-0.4, -0.2) is 15.3 Å². The summed E-state index contributed by atoms with van der Waals surface area (Å²) in [5.74, 6) is -0.456. The SMILES string of the molecule is O=C(NCc1ccccc1)c1cnc2scc(-c3ccccc3Cl)n2c1=O. The maximum atomic E-state index is 13.0. The van der Waals surface area contributed by atoms with E-state index in [1.54, 1.807) is 6.07 Å². The lowest BCUT2D eigenvalue weighted by molar-refractivity contribution is 0.0949. The number of nitrogens with zero attached hydrogens (tertiary/aromatic N) is 2. The van der Waals surface area contributed by atoms with Crippen molar-refractivity contribution < 1.29 is 4.79 Å². The van der Waals surface area contributed by atoms with Gasteiger partial charge in [-0.15, -0.1) is 11.3 Å². The minimum Gasteiger partial charge on any atom is -0.348 e. The van der Waals surface area contributed by atoms with Crippen LogP contribution in [0, 0.1) is 0 Å². The highest BCUT2D eigenvalue weighted by Crippen LogP contribution is 2.29. The van der Waals surface area contributed by atoms with Gasteiger partial charge in [-0.3, -0.25) is 14.0 Å². The first kappa shape index (κ1) is 17.5. The second-order valence-electron chi connectivity index (χ2n) is 5.86. The summed E-state index contributed by atoms with van der Waals surface area (Å²) in [6.07, 6.45) is 1.32. The van der Waals surface area contributed by atoms with Crippen molar-refractivity contribution in [1.82, 2.24) is 14.7 Å². The fraction of sp³-hybridized carbons (Fsp3) is 0.0500. The molecular formula is C20H14ClN3O2S. The molecular weight excluding hydrogens is 382 g/mol. The highest BCUT2D eigenvalue weighted by molar-refractivity contribution is 7.15. The number of rotatable bonds is 4. The molecule has 2 aromatic heterocycles. The topological polar surface area (TPSA) is 63.5 Å². The van der Waals surface area contributed by atoms with Crippen molar-refractivity contribution >= 4 is 33.8 Å². The summed E-state index contributed by atoms with van der Waals surface area (Å²) in [6, 6.07) is 16.8. The summed E-state index contributed by atoms with van der Waals surface area (Å²) in [4.78, 5) is 30.3. The van der Waals surface area contributed by atoms with E-state index in [-0.39, 0.29) is 5.56 Å². The molecule has 27 heavy (non-hydrogen) atoms. The zero-order valence-corrected chi connectivity index (χ0v) is 15.6. The molecule has 0 bridgehead atoms. The van der Waals surface area contributed by atoms with Crippen LogP contribution in [-0.2, 0) is 6.54 Å². The van der Waals surface area contributed by atoms with Crippen molar-refractivity contribution in [2.75, 3.05) is 0 Å². The molecule has 0 saturated carbocycles.